The SMILES string of the molecule is CCOC(=O)CNC(=O)CN1C(=O)CC(c2cc(OC)c(OC)c(OC)c2)Sc2ccccc21. The number of methoxy groups -OCH3 is 3. The molecule has 10 heteroatoms. The first-order chi connectivity index (χ1) is 16.4. The van der Waals surface area contributed by atoms with Crippen molar-refractivity contribution in [3.63, 3.8) is 0 Å². The van der Waals surface area contributed by atoms with E-state index in [-0.39, 0.29) is 37.3 Å². The van der Waals surface area contributed by atoms with Crippen molar-refractivity contribution in [3.8, 4) is 17.2 Å². The van der Waals surface area contributed by atoms with Gasteiger partial charge in [0.25, 0.3) is 0 Å². The van der Waals surface area contributed by atoms with Crippen LogP contribution in [0.15, 0.2) is 41.3 Å². The minimum atomic E-state index is -0.531. The number of hydrogen-bond acceptors (Lipinski definition) is 8. The number of ether oxygens (including phenoxy) is 4. The third kappa shape index (κ3) is 5.74. The van der Waals surface area contributed by atoms with Crippen LogP contribution in [0.5, 0.6) is 17.2 Å². The molecule has 2 aromatic rings. The van der Waals surface area contributed by atoms with Crippen molar-refractivity contribution in [2.45, 2.75) is 23.5 Å². The average Bonchev–Trinajstić information content (AvgIpc) is 2.98. The summed E-state index contributed by atoms with van der Waals surface area (Å²) >= 11 is 1.52. The van der Waals surface area contributed by atoms with E-state index in [1.54, 1.807) is 27.2 Å². The van der Waals surface area contributed by atoms with Crippen LogP contribution in [0.2, 0.25) is 0 Å². The molecule has 0 spiro atoms. The number of nitrogens with zero attached hydrogens (tertiary/aromatic N) is 1. The number of carbonyl (C=O) groups excluding carboxylic acids is 3. The van der Waals surface area contributed by atoms with Crippen LogP contribution in [0.3, 0.4) is 0 Å². The number of thioether (sulfide) groups is 1. The van der Waals surface area contributed by atoms with Crippen LogP contribution in [0.25, 0.3) is 0 Å². The Balaban J connectivity index is 1.88. The van der Waals surface area contributed by atoms with E-state index in [1.165, 1.54) is 23.8 Å². The van der Waals surface area contributed by atoms with E-state index in [2.05, 4.69) is 5.32 Å². The monoisotopic (exact) mass is 488 g/mol. The van der Waals surface area contributed by atoms with Crippen molar-refractivity contribution in [2.75, 3.05) is 45.9 Å². The average molecular weight is 489 g/mol. The van der Waals surface area contributed by atoms with E-state index in [0.717, 1.165) is 10.5 Å². The summed E-state index contributed by atoms with van der Waals surface area (Å²) in [6, 6.07) is 11.1. The van der Waals surface area contributed by atoms with Crippen molar-refractivity contribution < 1.29 is 33.3 Å². The van der Waals surface area contributed by atoms with Crippen LogP contribution >= 0.6 is 11.8 Å². The zero-order valence-electron chi connectivity index (χ0n) is 19.6. The Morgan fingerprint density at radius 2 is 1.76 bits per heavy atom. The number of anilines is 1. The molecule has 0 saturated heterocycles. The summed E-state index contributed by atoms with van der Waals surface area (Å²) in [7, 11) is 4.61. The van der Waals surface area contributed by atoms with E-state index >= 15 is 0 Å². The molecule has 0 fully saturated rings. The number of carbonyl (C=O) groups is 3. The summed E-state index contributed by atoms with van der Waals surface area (Å²) < 4.78 is 21.2. The molecule has 1 heterocycles. The van der Waals surface area contributed by atoms with Gasteiger partial charge >= 0.3 is 5.97 Å². The predicted molar refractivity (Wildman–Crippen MR) is 128 cm³/mol. The maximum Gasteiger partial charge on any atom is 0.325 e. The Morgan fingerprint density at radius 1 is 1.09 bits per heavy atom. The van der Waals surface area contributed by atoms with Gasteiger partial charge in [0.05, 0.1) is 33.6 Å². The molecular formula is C24H28N2O7S. The van der Waals surface area contributed by atoms with Crippen LogP contribution in [0.4, 0.5) is 5.69 Å². The van der Waals surface area contributed by atoms with E-state index in [0.29, 0.717) is 22.9 Å². The van der Waals surface area contributed by atoms with Gasteiger partial charge in [-0.25, -0.2) is 0 Å². The minimum Gasteiger partial charge on any atom is -0.493 e. The van der Waals surface area contributed by atoms with E-state index < -0.39 is 11.9 Å². The van der Waals surface area contributed by atoms with Crippen LogP contribution < -0.4 is 24.4 Å². The number of para-hydroxylation sites is 1. The summed E-state index contributed by atoms with van der Waals surface area (Å²) in [5.41, 5.74) is 1.47. The molecule has 34 heavy (non-hydrogen) atoms. The molecule has 0 radical (unpaired) electrons. The number of nitrogens with one attached hydrogen (secondary N) is 1. The summed E-state index contributed by atoms with van der Waals surface area (Å²) in [5.74, 6) is 0.264. The van der Waals surface area contributed by atoms with Crippen LogP contribution in [-0.4, -0.2) is 58.8 Å². The summed E-state index contributed by atoms with van der Waals surface area (Å²) in [5, 5.41) is 2.26. The maximum atomic E-state index is 13.3. The first-order valence-electron chi connectivity index (χ1n) is 10.7. The van der Waals surface area contributed by atoms with Gasteiger partial charge in [0.1, 0.15) is 13.1 Å². The second-order valence-corrected chi connectivity index (χ2v) is 8.54. The number of benzene rings is 2. The molecule has 1 aliphatic rings. The number of rotatable bonds is 9. The number of amides is 2. The highest BCUT2D eigenvalue weighted by Gasteiger charge is 2.31. The van der Waals surface area contributed by atoms with Gasteiger partial charge in [0.15, 0.2) is 11.5 Å². The number of hydrogen-bond donors (Lipinski definition) is 1. The number of esters is 1. The normalized spacial score (nSPS) is 15.1. The van der Waals surface area contributed by atoms with Gasteiger partial charge in [0, 0.05) is 16.6 Å². The van der Waals surface area contributed by atoms with E-state index in [4.69, 9.17) is 18.9 Å². The van der Waals surface area contributed by atoms with Gasteiger partial charge in [-0.3, -0.25) is 14.4 Å². The van der Waals surface area contributed by atoms with Crippen molar-refractivity contribution in [3.05, 3.63) is 42.0 Å². The first kappa shape index (κ1) is 25.2. The molecule has 1 unspecified atom stereocenters. The second kappa shape index (κ2) is 11.6. The summed E-state index contributed by atoms with van der Waals surface area (Å²) in [6.45, 7) is 1.46. The lowest BCUT2D eigenvalue weighted by Crippen LogP contribution is -2.42. The van der Waals surface area contributed by atoms with Crippen molar-refractivity contribution >= 4 is 35.2 Å². The molecule has 2 amide bonds. The van der Waals surface area contributed by atoms with Gasteiger partial charge < -0.3 is 29.2 Å². The standard InChI is InChI=1S/C24H28N2O7S/c1-5-33-23(29)13-25-21(27)14-26-16-8-6-7-9-19(16)34-20(12-22(26)28)15-10-17(30-2)24(32-4)18(11-15)31-3/h6-11,20H,5,12-14H2,1-4H3,(H,25,27). The van der Waals surface area contributed by atoms with E-state index in [9.17, 15) is 14.4 Å². The molecule has 0 bridgehead atoms. The van der Waals surface area contributed by atoms with Gasteiger partial charge in [-0.15, -0.1) is 11.8 Å². The Bertz CT molecular complexity index is 1030. The highest BCUT2D eigenvalue weighted by Crippen LogP contribution is 2.48. The molecule has 182 valence electrons. The Morgan fingerprint density at radius 3 is 2.38 bits per heavy atom. The summed E-state index contributed by atoms with van der Waals surface area (Å²) in [4.78, 5) is 39.7. The van der Waals surface area contributed by atoms with Gasteiger partial charge in [-0.2, -0.15) is 0 Å². The third-order valence-electron chi connectivity index (χ3n) is 5.18. The van der Waals surface area contributed by atoms with Crippen molar-refractivity contribution in [1.29, 1.82) is 0 Å². The van der Waals surface area contributed by atoms with Crippen LogP contribution in [0.1, 0.15) is 24.2 Å². The quantitative estimate of drug-likeness (QED) is 0.538. The Kier molecular flexibility index (Phi) is 8.64. The maximum absolute atomic E-state index is 13.3. The van der Waals surface area contributed by atoms with Crippen LogP contribution in [-0.2, 0) is 19.1 Å². The van der Waals surface area contributed by atoms with E-state index in [1.807, 2.05) is 30.3 Å². The lowest BCUT2D eigenvalue weighted by Gasteiger charge is -2.22. The fourth-order valence-electron chi connectivity index (χ4n) is 3.61. The van der Waals surface area contributed by atoms with Crippen molar-refractivity contribution in [1.82, 2.24) is 5.32 Å². The second-order valence-electron chi connectivity index (χ2n) is 7.30. The largest absolute Gasteiger partial charge is 0.493 e. The fourth-order valence-corrected chi connectivity index (χ4v) is 4.87. The molecule has 1 N–H and O–H groups in total. The molecule has 0 saturated carbocycles. The smallest absolute Gasteiger partial charge is 0.325 e. The molecule has 3 rings (SSSR count). The predicted octanol–water partition coefficient (Wildman–Crippen LogP) is 2.96. The zero-order chi connectivity index (χ0) is 24.7. The highest BCUT2D eigenvalue weighted by atomic mass is 32.2. The lowest BCUT2D eigenvalue weighted by molar-refractivity contribution is -0.143. The molecule has 9 nitrogen and oxygen atoms in total. The van der Waals surface area contributed by atoms with Gasteiger partial charge in [-0.1, -0.05) is 12.1 Å². The molecule has 0 aromatic heterocycles. The van der Waals surface area contributed by atoms with Crippen molar-refractivity contribution in [2.24, 2.45) is 0 Å². The topological polar surface area (TPSA) is 103 Å². The fraction of sp³-hybridized carbons (Fsp3) is 0.375. The third-order valence-corrected chi connectivity index (χ3v) is 6.50. The molecular weight excluding hydrogens is 460 g/mol. The Labute approximate surface area is 202 Å². The number of fused-ring (bicyclic) bond motifs is 1. The molecule has 1 aliphatic heterocycles. The minimum absolute atomic E-state index is 0.142. The first-order valence-corrected chi connectivity index (χ1v) is 11.6. The Hall–Kier alpha value is -3.40. The highest BCUT2D eigenvalue weighted by molar-refractivity contribution is 7.99. The zero-order valence-corrected chi connectivity index (χ0v) is 20.4. The van der Waals surface area contributed by atoms with Gasteiger partial charge in [0.2, 0.25) is 17.6 Å². The van der Waals surface area contributed by atoms with Crippen LogP contribution in [0, 0.1) is 0 Å². The summed E-state index contributed by atoms with van der Waals surface area (Å²) in [6.07, 6.45) is 0.142. The van der Waals surface area contributed by atoms with Gasteiger partial charge in [-0.05, 0) is 36.8 Å². The molecule has 1 atom stereocenters. The molecule has 0 aliphatic carbocycles. The lowest BCUT2D eigenvalue weighted by atomic mass is 10.1. The molecule has 2 aromatic carbocycles.